The minimum Gasteiger partial charge on any atom is -0.497 e. The Bertz CT molecular complexity index is 1550. The Morgan fingerprint density at radius 3 is 2.36 bits per heavy atom. The fraction of sp³-hybridized carbons (Fsp3) is 0.387. The van der Waals surface area contributed by atoms with E-state index in [2.05, 4.69) is 4.72 Å². The summed E-state index contributed by atoms with van der Waals surface area (Å²) in [6.07, 6.45) is -4.86. The van der Waals surface area contributed by atoms with Gasteiger partial charge in [-0.1, -0.05) is 19.1 Å². The van der Waals surface area contributed by atoms with Crippen molar-refractivity contribution < 1.29 is 41.0 Å². The van der Waals surface area contributed by atoms with Crippen LogP contribution in [0.4, 0.5) is 18.9 Å². The lowest BCUT2D eigenvalue weighted by Gasteiger charge is -2.38. The molecular weight excluding hydrogens is 599 g/mol. The molecule has 3 aromatic rings. The predicted octanol–water partition coefficient (Wildman–Crippen LogP) is 4.87. The lowest BCUT2D eigenvalue weighted by molar-refractivity contribution is -0.137. The van der Waals surface area contributed by atoms with E-state index in [1.807, 2.05) is 18.9 Å². The largest absolute Gasteiger partial charge is 0.497 e. The van der Waals surface area contributed by atoms with Crippen LogP contribution < -0.4 is 14.2 Å². The summed E-state index contributed by atoms with van der Waals surface area (Å²) in [6, 6.07) is 14.8. The van der Waals surface area contributed by atoms with Crippen LogP contribution in [0.2, 0.25) is 0 Å². The number of methoxy groups -OCH3 is 1. The summed E-state index contributed by atoms with van der Waals surface area (Å²) in [5, 5.41) is 9.91. The number of rotatable bonds is 10. The highest BCUT2D eigenvalue weighted by Crippen LogP contribution is 2.32. The van der Waals surface area contributed by atoms with Gasteiger partial charge in [-0.05, 0) is 74.1 Å². The van der Waals surface area contributed by atoms with E-state index < -0.39 is 39.8 Å². The second-order valence-corrected chi connectivity index (χ2v) is 12.7. The summed E-state index contributed by atoms with van der Waals surface area (Å²) in [7, 11) is -0.692. The number of halogens is 3. The molecule has 3 aromatic carbocycles. The maximum absolute atomic E-state index is 13.7. The Hall–Kier alpha value is -3.81. The number of aliphatic hydroxyl groups is 1. The third kappa shape index (κ3) is 7.82. The van der Waals surface area contributed by atoms with E-state index in [0.29, 0.717) is 24.4 Å². The van der Waals surface area contributed by atoms with Gasteiger partial charge in [-0.3, -0.25) is 14.4 Å². The van der Waals surface area contributed by atoms with Gasteiger partial charge >= 0.3 is 6.18 Å². The van der Waals surface area contributed by atoms with Crippen molar-refractivity contribution in [2.24, 2.45) is 5.92 Å². The minimum atomic E-state index is -4.41. The molecule has 0 saturated carbocycles. The fourth-order valence-corrected chi connectivity index (χ4v) is 6.00. The first-order valence-corrected chi connectivity index (χ1v) is 15.4. The second kappa shape index (κ2) is 13.4. The van der Waals surface area contributed by atoms with Crippen molar-refractivity contribution in [2.45, 2.75) is 43.6 Å². The number of aliphatic hydroxyl groups excluding tert-OH is 1. The zero-order chi connectivity index (χ0) is 32.2. The van der Waals surface area contributed by atoms with Crippen LogP contribution >= 0.6 is 0 Å². The molecule has 3 atom stereocenters. The smallest absolute Gasteiger partial charge is 0.416 e. The number of benzene rings is 3. The maximum Gasteiger partial charge on any atom is 0.416 e. The van der Waals surface area contributed by atoms with Crippen LogP contribution in [0, 0.1) is 5.92 Å². The Kier molecular flexibility index (Phi) is 10.1. The van der Waals surface area contributed by atoms with Crippen LogP contribution in [-0.4, -0.2) is 75.2 Å². The highest BCUT2D eigenvalue weighted by molar-refractivity contribution is 7.92. The van der Waals surface area contributed by atoms with Crippen molar-refractivity contribution in [3.8, 4) is 11.5 Å². The molecule has 44 heavy (non-hydrogen) atoms. The predicted molar refractivity (Wildman–Crippen MR) is 159 cm³/mol. The fourth-order valence-electron chi connectivity index (χ4n) is 4.96. The summed E-state index contributed by atoms with van der Waals surface area (Å²) in [5.74, 6) is 0.136. The Labute approximate surface area is 255 Å². The van der Waals surface area contributed by atoms with Gasteiger partial charge in [-0.2, -0.15) is 13.2 Å². The first-order chi connectivity index (χ1) is 20.7. The summed E-state index contributed by atoms with van der Waals surface area (Å²) < 4.78 is 79.0. The number of ether oxygens (including phenoxy) is 2. The van der Waals surface area contributed by atoms with Gasteiger partial charge in [0.25, 0.3) is 15.9 Å². The molecule has 0 aromatic heterocycles. The molecule has 9 nitrogen and oxygen atoms in total. The molecule has 0 unspecified atom stereocenters. The number of amides is 1. The minimum absolute atomic E-state index is 0.00752. The summed E-state index contributed by atoms with van der Waals surface area (Å²) >= 11 is 0. The third-order valence-electron chi connectivity index (χ3n) is 7.51. The number of hydrogen-bond acceptors (Lipinski definition) is 7. The average molecular weight is 636 g/mol. The van der Waals surface area contributed by atoms with Gasteiger partial charge in [-0.15, -0.1) is 0 Å². The Balaban J connectivity index is 1.59. The molecule has 1 amide bonds. The number of likely N-dealkylation sites (N-methyl/N-ethyl adjacent to an activating group) is 1. The molecule has 0 radical (unpaired) electrons. The van der Waals surface area contributed by atoms with Crippen LogP contribution in [0.1, 0.15) is 35.3 Å². The molecule has 0 bridgehead atoms. The molecule has 0 spiro atoms. The third-order valence-corrected chi connectivity index (χ3v) is 8.91. The summed E-state index contributed by atoms with van der Waals surface area (Å²) in [5.41, 5.74) is 0.255. The average Bonchev–Trinajstić information content (AvgIpc) is 2.98. The monoisotopic (exact) mass is 635 g/mol. The Morgan fingerprint density at radius 2 is 1.77 bits per heavy atom. The van der Waals surface area contributed by atoms with Gasteiger partial charge < -0.3 is 19.5 Å². The van der Waals surface area contributed by atoms with Gasteiger partial charge in [0.05, 0.1) is 35.8 Å². The van der Waals surface area contributed by atoms with Gasteiger partial charge in [0.1, 0.15) is 17.6 Å². The first kappa shape index (κ1) is 33.1. The van der Waals surface area contributed by atoms with Gasteiger partial charge in [0.2, 0.25) is 0 Å². The normalized spacial score (nSPS) is 18.2. The molecule has 0 fully saturated rings. The van der Waals surface area contributed by atoms with E-state index in [-0.39, 0.29) is 41.0 Å². The molecule has 2 N–H and O–H groups in total. The quantitative estimate of drug-likeness (QED) is 0.328. The van der Waals surface area contributed by atoms with Gasteiger partial charge in [0, 0.05) is 31.2 Å². The topological polar surface area (TPSA) is 108 Å². The number of carbonyl (C=O) groups excluding carboxylic acids is 1. The van der Waals surface area contributed by atoms with Crippen molar-refractivity contribution >= 4 is 21.6 Å². The van der Waals surface area contributed by atoms with Gasteiger partial charge in [-0.25, -0.2) is 8.42 Å². The van der Waals surface area contributed by atoms with Crippen LogP contribution in [0.15, 0.2) is 71.6 Å². The van der Waals surface area contributed by atoms with Crippen LogP contribution in [-0.2, 0) is 22.7 Å². The van der Waals surface area contributed by atoms with Crippen molar-refractivity contribution in [1.82, 2.24) is 9.80 Å². The van der Waals surface area contributed by atoms with Crippen molar-refractivity contribution in [2.75, 3.05) is 38.6 Å². The SMILES string of the molecule is COc1ccc(S(=O)(=O)Nc2ccc3c(c2)C(=O)N([C@H](C)CO)C[C@H](C)[C@H](CN(C)Cc2ccc(C(F)(F)F)cc2)O3)cc1. The second-order valence-electron chi connectivity index (χ2n) is 11.0. The van der Waals surface area contributed by atoms with Crippen LogP contribution in [0.25, 0.3) is 0 Å². The molecule has 1 aliphatic rings. The van der Waals surface area contributed by atoms with E-state index in [0.717, 1.165) is 12.1 Å². The summed E-state index contributed by atoms with van der Waals surface area (Å²) in [4.78, 5) is 17.2. The zero-order valence-electron chi connectivity index (χ0n) is 24.8. The molecule has 238 valence electrons. The number of sulfonamides is 1. The lowest BCUT2D eigenvalue weighted by Crippen LogP contribution is -2.49. The van der Waals surface area contributed by atoms with E-state index in [1.165, 1.54) is 66.6 Å². The number of anilines is 1. The highest BCUT2D eigenvalue weighted by Gasteiger charge is 2.34. The van der Waals surface area contributed by atoms with Crippen LogP contribution in [0.3, 0.4) is 0 Å². The van der Waals surface area contributed by atoms with Gasteiger partial charge in [0.15, 0.2) is 0 Å². The highest BCUT2D eigenvalue weighted by atomic mass is 32.2. The number of alkyl halides is 3. The maximum atomic E-state index is 13.7. The molecular formula is C31H36F3N3O6S. The number of nitrogens with one attached hydrogen (secondary N) is 1. The van der Waals surface area contributed by atoms with E-state index in [1.54, 1.807) is 6.92 Å². The molecule has 1 aliphatic heterocycles. The van der Waals surface area contributed by atoms with Crippen molar-refractivity contribution in [1.29, 1.82) is 0 Å². The number of hydrogen-bond donors (Lipinski definition) is 2. The first-order valence-electron chi connectivity index (χ1n) is 14.0. The standard InChI is InChI=1S/C31H36F3N3O6S/c1-20-16-37(21(2)19-38)30(39)27-15-24(35-44(40,41)26-12-10-25(42-4)11-13-26)9-14-28(27)43-29(20)18-36(3)17-22-5-7-23(8-6-22)31(32,33)34/h5-15,20-21,29,35,38H,16-19H2,1-4H3/t20-,21+,29-/m0/s1. The number of fused-ring (bicyclic) bond motifs is 1. The zero-order valence-corrected chi connectivity index (χ0v) is 25.7. The van der Waals surface area contributed by atoms with Crippen molar-refractivity contribution in [3.05, 3.63) is 83.4 Å². The molecule has 13 heteroatoms. The summed E-state index contributed by atoms with van der Waals surface area (Å²) in [6.45, 7) is 4.35. The van der Waals surface area contributed by atoms with E-state index in [4.69, 9.17) is 9.47 Å². The molecule has 1 heterocycles. The van der Waals surface area contributed by atoms with Crippen LogP contribution in [0.5, 0.6) is 11.5 Å². The Morgan fingerprint density at radius 1 is 1.11 bits per heavy atom. The van der Waals surface area contributed by atoms with E-state index >= 15 is 0 Å². The lowest BCUT2D eigenvalue weighted by atomic mass is 9.99. The molecule has 4 rings (SSSR count). The number of carbonyl (C=O) groups is 1. The molecule has 0 aliphatic carbocycles. The number of nitrogens with zero attached hydrogens (tertiary/aromatic N) is 2. The van der Waals surface area contributed by atoms with Crippen molar-refractivity contribution in [3.63, 3.8) is 0 Å². The van der Waals surface area contributed by atoms with E-state index in [9.17, 15) is 31.5 Å². The molecule has 0 saturated heterocycles.